The van der Waals surface area contributed by atoms with Crippen LogP contribution >= 0.6 is 7.82 Å². The number of hydrogen-bond acceptors (Lipinski definition) is 10. The van der Waals surface area contributed by atoms with Crippen LogP contribution in [-0.2, 0) is 42.2 Å². The number of ether oxygens (including phenoxy) is 3. The van der Waals surface area contributed by atoms with Crippen molar-refractivity contribution in [3.63, 3.8) is 0 Å². The van der Waals surface area contributed by atoms with Crippen molar-refractivity contribution in [1.29, 1.82) is 0 Å². The molecular formula is C68H123O11P. The molecule has 80 heavy (non-hydrogen) atoms. The molecule has 0 saturated heterocycles. The molecule has 11 nitrogen and oxygen atoms in total. The SMILES string of the molecule is CC/C=C\C/C=C\C/C=C\C/C=C\CCCCCCC(=O)OCC(COP(=O)(O)OCC(CO)OC(=O)CCCCCCCCCCCCCCCCCCC)OC(=O)CCCCCCCCCCC/C=C\CCCCCCCC. The Morgan fingerprint density at radius 2 is 0.650 bits per heavy atom. The first-order valence-corrected chi connectivity index (χ1v) is 34.7. The van der Waals surface area contributed by atoms with Gasteiger partial charge in [0.2, 0.25) is 0 Å². The molecule has 466 valence electrons. The lowest BCUT2D eigenvalue weighted by atomic mass is 10.0. The minimum absolute atomic E-state index is 0.161. The fraction of sp³-hybridized carbons (Fsp3) is 0.809. The molecular weight excluding hydrogens is 1020 g/mol. The zero-order valence-electron chi connectivity index (χ0n) is 51.8. The molecule has 0 aliphatic heterocycles. The summed E-state index contributed by atoms with van der Waals surface area (Å²) in [6.07, 6.45) is 70.3. The highest BCUT2D eigenvalue weighted by Crippen LogP contribution is 2.43. The maximum Gasteiger partial charge on any atom is 0.472 e. The zero-order chi connectivity index (χ0) is 58.3. The third kappa shape index (κ3) is 59.8. The van der Waals surface area contributed by atoms with E-state index in [0.29, 0.717) is 19.3 Å². The second kappa shape index (κ2) is 62.2. The first kappa shape index (κ1) is 77.2. The molecule has 0 radical (unpaired) electrons. The van der Waals surface area contributed by atoms with Gasteiger partial charge in [-0.25, -0.2) is 4.57 Å². The van der Waals surface area contributed by atoms with Crippen LogP contribution in [0.4, 0.5) is 0 Å². The molecule has 3 unspecified atom stereocenters. The Morgan fingerprint density at radius 1 is 0.362 bits per heavy atom. The lowest BCUT2D eigenvalue weighted by molar-refractivity contribution is -0.161. The third-order valence-corrected chi connectivity index (χ3v) is 15.4. The van der Waals surface area contributed by atoms with Gasteiger partial charge in [-0.1, -0.05) is 274 Å². The van der Waals surface area contributed by atoms with Gasteiger partial charge in [0, 0.05) is 19.3 Å². The van der Waals surface area contributed by atoms with Crippen LogP contribution in [0, 0.1) is 0 Å². The summed E-state index contributed by atoms with van der Waals surface area (Å²) < 4.78 is 39.7. The molecule has 0 fully saturated rings. The molecule has 0 aromatic rings. The van der Waals surface area contributed by atoms with Gasteiger partial charge in [-0.3, -0.25) is 23.4 Å². The monoisotopic (exact) mass is 1150 g/mol. The average molecular weight is 1150 g/mol. The zero-order valence-corrected chi connectivity index (χ0v) is 52.7. The van der Waals surface area contributed by atoms with Crippen molar-refractivity contribution in [3.05, 3.63) is 60.8 Å². The molecule has 3 atom stereocenters. The fourth-order valence-electron chi connectivity index (χ4n) is 9.40. The lowest BCUT2D eigenvalue weighted by Crippen LogP contribution is -2.30. The second-order valence-corrected chi connectivity index (χ2v) is 23.7. The molecule has 0 aliphatic rings. The summed E-state index contributed by atoms with van der Waals surface area (Å²) in [6, 6.07) is 0. The maximum absolute atomic E-state index is 13.0. The van der Waals surface area contributed by atoms with Gasteiger partial charge < -0.3 is 24.2 Å². The predicted octanol–water partition coefficient (Wildman–Crippen LogP) is 20.3. The molecule has 0 bridgehead atoms. The van der Waals surface area contributed by atoms with Crippen molar-refractivity contribution in [1.82, 2.24) is 0 Å². The molecule has 12 heteroatoms. The molecule has 0 spiro atoms. The number of aliphatic hydroxyl groups excluding tert-OH is 1. The molecule has 0 aromatic carbocycles. The van der Waals surface area contributed by atoms with Gasteiger partial charge in [-0.2, -0.15) is 0 Å². The van der Waals surface area contributed by atoms with Crippen molar-refractivity contribution < 1.29 is 52.2 Å². The van der Waals surface area contributed by atoms with E-state index in [0.717, 1.165) is 89.9 Å². The van der Waals surface area contributed by atoms with Crippen LogP contribution in [0.2, 0.25) is 0 Å². The topological polar surface area (TPSA) is 155 Å². The number of carbonyl (C=O) groups is 3. The average Bonchev–Trinajstić information content (AvgIpc) is 3.45. The molecule has 0 heterocycles. The first-order chi connectivity index (χ1) is 39.2. The van der Waals surface area contributed by atoms with Gasteiger partial charge in [-0.05, 0) is 83.5 Å². The smallest absolute Gasteiger partial charge is 0.462 e. The van der Waals surface area contributed by atoms with Gasteiger partial charge in [0.05, 0.1) is 19.8 Å². The molecule has 0 aliphatic carbocycles. The summed E-state index contributed by atoms with van der Waals surface area (Å²) in [5, 5.41) is 9.86. The van der Waals surface area contributed by atoms with Gasteiger partial charge in [0.1, 0.15) is 12.7 Å². The number of unbranched alkanes of at least 4 members (excludes halogenated alkanes) is 35. The summed E-state index contributed by atoms with van der Waals surface area (Å²) >= 11 is 0. The van der Waals surface area contributed by atoms with Crippen LogP contribution in [0.5, 0.6) is 0 Å². The summed E-state index contributed by atoms with van der Waals surface area (Å²) in [5.74, 6) is -1.48. The van der Waals surface area contributed by atoms with Gasteiger partial charge in [0.15, 0.2) is 6.10 Å². The predicted molar refractivity (Wildman–Crippen MR) is 335 cm³/mol. The highest BCUT2D eigenvalue weighted by atomic mass is 31.2. The van der Waals surface area contributed by atoms with Crippen molar-refractivity contribution in [2.24, 2.45) is 0 Å². The van der Waals surface area contributed by atoms with Crippen LogP contribution in [-0.4, -0.2) is 66.5 Å². The summed E-state index contributed by atoms with van der Waals surface area (Å²) in [6.45, 7) is 4.57. The number of phosphoric acid groups is 1. The summed E-state index contributed by atoms with van der Waals surface area (Å²) in [7, 11) is -4.76. The van der Waals surface area contributed by atoms with Crippen LogP contribution in [0.3, 0.4) is 0 Å². The van der Waals surface area contributed by atoms with Crippen molar-refractivity contribution in [2.75, 3.05) is 26.4 Å². The number of aliphatic hydroxyl groups is 1. The van der Waals surface area contributed by atoms with Crippen molar-refractivity contribution in [2.45, 2.75) is 328 Å². The number of rotatable bonds is 62. The van der Waals surface area contributed by atoms with E-state index in [1.165, 1.54) is 167 Å². The molecule has 2 N–H and O–H groups in total. The van der Waals surface area contributed by atoms with E-state index in [-0.39, 0.29) is 25.9 Å². The highest BCUT2D eigenvalue weighted by molar-refractivity contribution is 7.47. The fourth-order valence-corrected chi connectivity index (χ4v) is 10.2. The molecule has 0 rings (SSSR count). The Bertz CT molecular complexity index is 1570. The maximum atomic E-state index is 13.0. The normalized spacial score (nSPS) is 13.6. The van der Waals surface area contributed by atoms with E-state index in [2.05, 4.69) is 81.5 Å². The van der Waals surface area contributed by atoms with Gasteiger partial charge in [-0.15, -0.1) is 0 Å². The number of allylic oxidation sites excluding steroid dienone is 10. The third-order valence-electron chi connectivity index (χ3n) is 14.4. The van der Waals surface area contributed by atoms with E-state index < -0.39 is 57.8 Å². The van der Waals surface area contributed by atoms with Crippen LogP contribution < -0.4 is 0 Å². The number of hydrogen-bond donors (Lipinski definition) is 2. The van der Waals surface area contributed by atoms with E-state index >= 15 is 0 Å². The highest BCUT2D eigenvalue weighted by Gasteiger charge is 2.28. The number of carbonyl (C=O) groups excluding carboxylic acids is 3. The van der Waals surface area contributed by atoms with E-state index in [1.807, 2.05) is 0 Å². The van der Waals surface area contributed by atoms with Gasteiger partial charge >= 0.3 is 25.7 Å². The van der Waals surface area contributed by atoms with Crippen LogP contribution in [0.25, 0.3) is 0 Å². The first-order valence-electron chi connectivity index (χ1n) is 33.2. The summed E-state index contributed by atoms with van der Waals surface area (Å²) in [4.78, 5) is 48.8. The second-order valence-electron chi connectivity index (χ2n) is 22.3. The van der Waals surface area contributed by atoms with E-state index in [1.54, 1.807) is 0 Å². The lowest BCUT2D eigenvalue weighted by Gasteiger charge is -2.21. The Kier molecular flexibility index (Phi) is 60.0. The Morgan fingerprint density at radius 3 is 1.01 bits per heavy atom. The molecule has 0 aromatic heterocycles. The Hall–Kier alpha value is -2.82. The molecule has 0 amide bonds. The van der Waals surface area contributed by atoms with E-state index in [9.17, 15) is 28.9 Å². The Balaban J connectivity index is 4.70. The van der Waals surface area contributed by atoms with Crippen LogP contribution in [0.15, 0.2) is 60.8 Å². The molecule has 0 saturated carbocycles. The number of esters is 3. The number of phosphoric ester groups is 1. The van der Waals surface area contributed by atoms with Crippen molar-refractivity contribution in [3.8, 4) is 0 Å². The standard InChI is InChI=1S/C68H123O11P/c1-4-7-10-13-16-19-22-25-28-31-32-35-38-41-44-47-50-53-56-59-68(72)79-65(61-75-66(70)57-54-51-48-45-42-39-36-33-29-26-23-20-17-14-11-8-5-2)63-77-80(73,74)76-62-64(60-69)78-67(71)58-55-52-49-46-43-40-37-34-30-27-24-21-18-15-12-9-6-3/h8,11,17,20,25-26,28-29,36,39,64-65,69H,4-7,9-10,12-16,18-19,21-24,27,30-35,37-38,40-63H2,1-3H3,(H,73,74)/b11-8-,20-17-,28-25-,29-26-,39-36-. The van der Waals surface area contributed by atoms with E-state index in [4.69, 9.17) is 23.3 Å². The summed E-state index contributed by atoms with van der Waals surface area (Å²) in [5.41, 5.74) is 0. The van der Waals surface area contributed by atoms with Gasteiger partial charge in [0.25, 0.3) is 0 Å². The minimum Gasteiger partial charge on any atom is -0.462 e. The van der Waals surface area contributed by atoms with Crippen LogP contribution in [0.1, 0.15) is 316 Å². The minimum atomic E-state index is -4.76. The van der Waals surface area contributed by atoms with Crippen molar-refractivity contribution >= 4 is 25.7 Å². The quantitative estimate of drug-likeness (QED) is 0.0197. The Labute approximate surface area is 491 Å². The largest absolute Gasteiger partial charge is 0.472 e.